The molecule has 0 spiro atoms. The first kappa shape index (κ1) is 13.9. The van der Waals surface area contributed by atoms with Crippen LogP contribution < -0.4 is 5.32 Å². The van der Waals surface area contributed by atoms with E-state index in [0.29, 0.717) is 0 Å². The van der Waals surface area contributed by atoms with Crippen molar-refractivity contribution in [3.63, 3.8) is 0 Å². The van der Waals surface area contributed by atoms with E-state index in [0.717, 1.165) is 19.4 Å². The van der Waals surface area contributed by atoms with Gasteiger partial charge in [0, 0.05) is 11.4 Å². The maximum absolute atomic E-state index is 12.3. The van der Waals surface area contributed by atoms with Gasteiger partial charge in [0.2, 0.25) is 5.91 Å². The van der Waals surface area contributed by atoms with Crippen LogP contribution in [-0.4, -0.2) is 29.8 Å². The number of rotatable bonds is 4. The molecule has 2 aromatic rings. The molecule has 0 bridgehead atoms. The highest BCUT2D eigenvalue weighted by atomic mass is 32.1. The molecule has 1 unspecified atom stereocenters. The zero-order chi connectivity index (χ0) is 14.7. The second-order valence-corrected chi connectivity index (χ2v) is 5.90. The van der Waals surface area contributed by atoms with E-state index in [2.05, 4.69) is 11.4 Å². The SMILES string of the molecule is O=C(NCC(=O)N1CCCC1c1cccs1)c1ccco1. The summed E-state index contributed by atoms with van der Waals surface area (Å²) in [5.74, 6) is -0.190. The maximum Gasteiger partial charge on any atom is 0.287 e. The van der Waals surface area contributed by atoms with Crippen molar-refractivity contribution >= 4 is 23.2 Å². The van der Waals surface area contributed by atoms with E-state index < -0.39 is 0 Å². The molecule has 1 saturated heterocycles. The van der Waals surface area contributed by atoms with Gasteiger partial charge in [-0.15, -0.1) is 11.3 Å². The Morgan fingerprint density at radius 2 is 2.29 bits per heavy atom. The molecule has 3 rings (SSSR count). The summed E-state index contributed by atoms with van der Waals surface area (Å²) in [6.45, 7) is 0.749. The summed E-state index contributed by atoms with van der Waals surface area (Å²) in [6, 6.07) is 7.42. The Morgan fingerprint density at radius 3 is 3.00 bits per heavy atom. The fourth-order valence-corrected chi connectivity index (χ4v) is 3.47. The van der Waals surface area contributed by atoms with Gasteiger partial charge in [0.1, 0.15) is 0 Å². The van der Waals surface area contributed by atoms with Gasteiger partial charge in [-0.1, -0.05) is 6.07 Å². The topological polar surface area (TPSA) is 62.6 Å². The highest BCUT2D eigenvalue weighted by Gasteiger charge is 2.30. The second-order valence-electron chi connectivity index (χ2n) is 4.92. The number of carbonyl (C=O) groups excluding carboxylic acids is 2. The molecule has 5 nitrogen and oxygen atoms in total. The minimum Gasteiger partial charge on any atom is -0.459 e. The number of carbonyl (C=O) groups is 2. The summed E-state index contributed by atoms with van der Waals surface area (Å²) >= 11 is 1.67. The van der Waals surface area contributed by atoms with Crippen LogP contribution in [0.4, 0.5) is 0 Å². The standard InChI is InChI=1S/C15H16N2O3S/c18-14(10-16-15(19)12-5-2-8-20-12)17-7-1-4-11(17)13-6-3-9-21-13/h2-3,5-6,8-9,11H,1,4,7,10H2,(H,16,19). The minimum absolute atomic E-state index is 0.00140. The summed E-state index contributed by atoms with van der Waals surface area (Å²) in [4.78, 5) is 27.1. The lowest BCUT2D eigenvalue weighted by Crippen LogP contribution is -2.39. The molecule has 6 heteroatoms. The third kappa shape index (κ3) is 3.00. The molecule has 1 aliphatic rings. The van der Waals surface area contributed by atoms with Crippen molar-refractivity contribution in [2.45, 2.75) is 18.9 Å². The lowest BCUT2D eigenvalue weighted by atomic mass is 10.2. The van der Waals surface area contributed by atoms with Crippen molar-refractivity contribution in [1.82, 2.24) is 10.2 Å². The molecular formula is C15H16N2O3S. The Bertz CT molecular complexity index is 607. The van der Waals surface area contributed by atoms with Crippen molar-refractivity contribution in [1.29, 1.82) is 0 Å². The van der Waals surface area contributed by atoms with Crippen LogP contribution in [0.1, 0.15) is 34.3 Å². The molecule has 1 aliphatic heterocycles. The Kier molecular flexibility index (Phi) is 4.06. The van der Waals surface area contributed by atoms with Crippen molar-refractivity contribution in [2.24, 2.45) is 0 Å². The lowest BCUT2D eigenvalue weighted by molar-refractivity contribution is -0.131. The first-order valence-corrected chi connectivity index (χ1v) is 7.78. The van der Waals surface area contributed by atoms with Gasteiger partial charge in [-0.2, -0.15) is 0 Å². The molecule has 0 aliphatic carbocycles. The third-order valence-electron chi connectivity index (χ3n) is 3.59. The molecule has 3 heterocycles. The third-order valence-corrected chi connectivity index (χ3v) is 4.56. The van der Waals surface area contributed by atoms with Gasteiger partial charge in [0.05, 0.1) is 18.8 Å². The van der Waals surface area contributed by atoms with Crippen LogP contribution in [-0.2, 0) is 4.79 Å². The number of nitrogens with zero attached hydrogens (tertiary/aromatic N) is 1. The molecule has 0 aromatic carbocycles. The van der Waals surface area contributed by atoms with E-state index in [-0.39, 0.29) is 30.2 Å². The molecule has 110 valence electrons. The van der Waals surface area contributed by atoms with E-state index in [4.69, 9.17) is 4.42 Å². The van der Waals surface area contributed by atoms with Gasteiger partial charge in [-0.3, -0.25) is 9.59 Å². The average molecular weight is 304 g/mol. The van der Waals surface area contributed by atoms with Crippen molar-refractivity contribution in [3.8, 4) is 0 Å². The highest BCUT2D eigenvalue weighted by molar-refractivity contribution is 7.10. The summed E-state index contributed by atoms with van der Waals surface area (Å²) in [5, 5.41) is 4.63. The highest BCUT2D eigenvalue weighted by Crippen LogP contribution is 2.34. The van der Waals surface area contributed by atoms with Gasteiger partial charge >= 0.3 is 0 Å². The number of furan rings is 1. The predicted molar refractivity (Wildman–Crippen MR) is 79.0 cm³/mol. The summed E-state index contributed by atoms with van der Waals surface area (Å²) in [7, 11) is 0. The lowest BCUT2D eigenvalue weighted by Gasteiger charge is -2.24. The van der Waals surface area contributed by atoms with Crippen LogP contribution in [0, 0.1) is 0 Å². The first-order chi connectivity index (χ1) is 10.3. The van der Waals surface area contributed by atoms with E-state index in [9.17, 15) is 9.59 Å². The molecule has 21 heavy (non-hydrogen) atoms. The Hall–Kier alpha value is -2.08. The number of thiophene rings is 1. The number of hydrogen-bond donors (Lipinski definition) is 1. The molecule has 0 radical (unpaired) electrons. The van der Waals surface area contributed by atoms with E-state index >= 15 is 0 Å². The first-order valence-electron chi connectivity index (χ1n) is 6.90. The van der Waals surface area contributed by atoms with Crippen LogP contribution in [0.5, 0.6) is 0 Å². The number of amides is 2. The molecule has 2 amide bonds. The van der Waals surface area contributed by atoms with Gasteiger partial charge in [0.25, 0.3) is 5.91 Å². The monoisotopic (exact) mass is 304 g/mol. The smallest absolute Gasteiger partial charge is 0.287 e. The maximum atomic E-state index is 12.3. The van der Waals surface area contributed by atoms with Crippen LogP contribution in [0.3, 0.4) is 0 Å². The molecular weight excluding hydrogens is 288 g/mol. The number of nitrogens with one attached hydrogen (secondary N) is 1. The molecule has 1 N–H and O–H groups in total. The molecule has 1 atom stereocenters. The minimum atomic E-state index is -0.361. The molecule has 2 aromatic heterocycles. The largest absolute Gasteiger partial charge is 0.459 e. The second kappa shape index (κ2) is 6.13. The Morgan fingerprint density at radius 1 is 1.38 bits per heavy atom. The molecule has 0 saturated carbocycles. The van der Waals surface area contributed by atoms with Crippen LogP contribution >= 0.6 is 11.3 Å². The van der Waals surface area contributed by atoms with Gasteiger partial charge < -0.3 is 14.6 Å². The average Bonchev–Trinajstić information content (AvgIpc) is 3.25. The van der Waals surface area contributed by atoms with Crippen LogP contribution in [0.15, 0.2) is 40.3 Å². The van der Waals surface area contributed by atoms with Crippen LogP contribution in [0.2, 0.25) is 0 Å². The Balaban J connectivity index is 1.59. The zero-order valence-corrected chi connectivity index (χ0v) is 12.3. The fraction of sp³-hybridized carbons (Fsp3) is 0.333. The van der Waals surface area contributed by atoms with Crippen molar-refractivity contribution in [2.75, 3.05) is 13.1 Å². The van der Waals surface area contributed by atoms with Gasteiger partial charge in [0.15, 0.2) is 5.76 Å². The fourth-order valence-electron chi connectivity index (χ4n) is 2.59. The van der Waals surface area contributed by atoms with Crippen LogP contribution in [0.25, 0.3) is 0 Å². The number of hydrogen-bond acceptors (Lipinski definition) is 4. The van der Waals surface area contributed by atoms with Crippen molar-refractivity contribution in [3.05, 3.63) is 46.5 Å². The normalized spacial score (nSPS) is 17.9. The van der Waals surface area contributed by atoms with E-state index in [1.165, 1.54) is 11.1 Å². The Labute approximate surface area is 126 Å². The van der Waals surface area contributed by atoms with E-state index in [1.54, 1.807) is 23.5 Å². The zero-order valence-electron chi connectivity index (χ0n) is 11.5. The van der Waals surface area contributed by atoms with E-state index in [1.807, 2.05) is 16.3 Å². The van der Waals surface area contributed by atoms with Gasteiger partial charge in [-0.25, -0.2) is 0 Å². The quantitative estimate of drug-likeness (QED) is 0.943. The van der Waals surface area contributed by atoms with Crippen molar-refractivity contribution < 1.29 is 14.0 Å². The summed E-state index contributed by atoms with van der Waals surface area (Å²) in [6.07, 6.45) is 3.42. The summed E-state index contributed by atoms with van der Waals surface area (Å²) < 4.78 is 5.00. The predicted octanol–water partition coefficient (Wildman–Crippen LogP) is 2.43. The number of likely N-dealkylation sites (tertiary alicyclic amines) is 1. The molecule has 1 fully saturated rings. The van der Waals surface area contributed by atoms with Gasteiger partial charge in [-0.05, 0) is 36.4 Å². The summed E-state index contributed by atoms with van der Waals surface area (Å²) in [5.41, 5.74) is 0.